The first kappa shape index (κ1) is 60.6. The molecule has 1 saturated carbocycles. The zero-order valence-corrected chi connectivity index (χ0v) is 46.9. The van der Waals surface area contributed by atoms with Gasteiger partial charge in [0.1, 0.15) is 11.6 Å². The number of benzene rings is 1. The summed E-state index contributed by atoms with van der Waals surface area (Å²) >= 11 is 0. The number of hydrogen-bond acceptors (Lipinski definition) is 12. The number of pyridine rings is 2. The first-order valence-corrected chi connectivity index (χ1v) is 28.3. The number of aryl methyl sites for hydroxylation is 3. The van der Waals surface area contributed by atoms with E-state index in [2.05, 4.69) is 39.4 Å². The van der Waals surface area contributed by atoms with E-state index in [0.717, 1.165) is 119 Å². The predicted molar refractivity (Wildman–Crippen MR) is 298 cm³/mol. The highest BCUT2D eigenvalue weighted by molar-refractivity contribution is 6.09. The number of piperidine rings is 1. The lowest BCUT2D eigenvalue weighted by molar-refractivity contribution is -0.895. The second kappa shape index (κ2) is 29.9. The van der Waals surface area contributed by atoms with Crippen molar-refractivity contribution in [1.82, 2.24) is 30.3 Å². The van der Waals surface area contributed by atoms with E-state index in [1.165, 1.54) is 12.8 Å². The van der Waals surface area contributed by atoms with Gasteiger partial charge < -0.3 is 39.5 Å². The lowest BCUT2D eigenvalue weighted by Gasteiger charge is -2.36. The number of carbonyl (C=O) groups excluding carboxylic acids is 2. The van der Waals surface area contributed by atoms with Gasteiger partial charge in [-0.25, -0.2) is 19.6 Å². The minimum absolute atomic E-state index is 0.0227. The lowest BCUT2D eigenvalue weighted by atomic mass is 9.88. The van der Waals surface area contributed by atoms with Crippen LogP contribution in [0.4, 0.5) is 11.5 Å². The van der Waals surface area contributed by atoms with Crippen LogP contribution in [0, 0.1) is 24.2 Å². The summed E-state index contributed by atoms with van der Waals surface area (Å²) in [6, 6.07) is 15.3. The Morgan fingerprint density at radius 1 is 0.859 bits per heavy atom. The van der Waals surface area contributed by atoms with Crippen LogP contribution in [0.25, 0.3) is 0 Å². The quantitative estimate of drug-likeness (QED) is 0.0246. The molecule has 0 bridgehead atoms. The number of nitrogens with one attached hydrogen (secondary N) is 1. The minimum Gasteiger partial charge on any atom is -0.497 e. The van der Waals surface area contributed by atoms with Crippen molar-refractivity contribution in [2.24, 2.45) is 17.3 Å². The maximum atomic E-state index is 15.0. The first-order valence-electron chi connectivity index (χ1n) is 28.3. The van der Waals surface area contributed by atoms with E-state index in [1.54, 1.807) is 20.4 Å². The van der Waals surface area contributed by atoms with E-state index in [-0.39, 0.29) is 53.1 Å². The van der Waals surface area contributed by atoms with Gasteiger partial charge in [0.05, 0.1) is 50.7 Å². The Labute approximate surface area is 460 Å². The van der Waals surface area contributed by atoms with Crippen LogP contribution < -0.4 is 24.6 Å². The summed E-state index contributed by atoms with van der Waals surface area (Å²) in [5, 5.41) is 39.7. The van der Waals surface area contributed by atoms with Crippen molar-refractivity contribution in [1.29, 1.82) is 0 Å². The van der Waals surface area contributed by atoms with Crippen LogP contribution in [0.2, 0.25) is 0 Å². The fourth-order valence-corrected chi connectivity index (χ4v) is 10.6. The Kier molecular flexibility index (Phi) is 23.3. The molecule has 78 heavy (non-hydrogen) atoms. The van der Waals surface area contributed by atoms with Gasteiger partial charge in [-0.2, -0.15) is 0 Å². The summed E-state index contributed by atoms with van der Waals surface area (Å²) in [5.74, 6) is -0.571. The molecule has 0 radical (unpaired) electrons. The molecule has 0 spiro atoms. The molecular formula is C59H86N9O10+. The number of aliphatic carboxylic acids is 3. The van der Waals surface area contributed by atoms with Gasteiger partial charge in [-0.1, -0.05) is 70.1 Å². The average molecular weight is 1080 g/mol. The standard InChI is InChI=1S/C59H85N9O10/c1-43-17-15-19-52(62-43)67(58(76)49-24-23-48(77-5)36-51(49)65-31-26-44(27-32-65)41-78-54-35-46(25-30-61-54)50(37-55(70)71)45-21-22-45)42-59(2,3)28-33-66-38-47(63-64-66)18-13-11-9-7-6-8-10-12-14-20-53(69)60-29-16-34-68(4,39-56(72)73)40-57(74)75/h15,17,19,23-25,30,35-36,38,44-45,50H,6-14,16,18,20-22,26-29,31-34,37,39-42H2,1-5H3,(H3-,60,69,70,71,72,73,74,75)/p+1/t50-/m0/s1. The number of unbranched alkanes of at least 4 members (excludes halogenated alkanes) is 8. The summed E-state index contributed by atoms with van der Waals surface area (Å²) in [4.78, 5) is 74.7. The van der Waals surface area contributed by atoms with Gasteiger partial charge in [0.2, 0.25) is 11.8 Å². The Balaban J connectivity index is 0.912. The summed E-state index contributed by atoms with van der Waals surface area (Å²) in [5.41, 5.74) is 3.87. The molecule has 0 unspecified atom stereocenters. The molecule has 2 amide bonds. The van der Waals surface area contributed by atoms with Crippen molar-refractivity contribution in [3.8, 4) is 11.6 Å². The summed E-state index contributed by atoms with van der Waals surface area (Å²) in [6.45, 7) is 9.53. The van der Waals surface area contributed by atoms with Crippen LogP contribution in [0.15, 0.2) is 60.9 Å². The fraction of sp³-hybridized carbons (Fsp3) is 0.610. The zero-order valence-electron chi connectivity index (χ0n) is 46.9. The third-order valence-corrected chi connectivity index (χ3v) is 15.3. The molecule has 4 aromatic rings. The van der Waals surface area contributed by atoms with Crippen molar-refractivity contribution in [3.63, 3.8) is 0 Å². The number of aromatic nitrogens is 5. The molecule has 19 nitrogen and oxygen atoms in total. The number of likely N-dealkylation sites (N-methyl/N-ethyl adjacent to an activating group) is 1. The van der Waals surface area contributed by atoms with Gasteiger partial charge in [-0.05, 0) is 117 Å². The topological polar surface area (TPSA) is 239 Å². The van der Waals surface area contributed by atoms with Crippen LogP contribution in [-0.2, 0) is 32.1 Å². The predicted octanol–water partition coefficient (Wildman–Crippen LogP) is 8.98. The summed E-state index contributed by atoms with van der Waals surface area (Å²) < 4.78 is 13.7. The molecular weight excluding hydrogens is 995 g/mol. The van der Waals surface area contributed by atoms with Gasteiger partial charge in [-0.15, -0.1) is 5.10 Å². The fourth-order valence-electron chi connectivity index (χ4n) is 10.6. The van der Waals surface area contributed by atoms with Gasteiger partial charge in [0.25, 0.3) is 5.91 Å². The highest BCUT2D eigenvalue weighted by Gasteiger charge is 2.35. The molecule has 4 N–H and O–H groups in total. The number of rotatable bonds is 36. The zero-order chi connectivity index (χ0) is 56.1. The average Bonchev–Trinajstić information content (AvgIpc) is 4.17. The van der Waals surface area contributed by atoms with Crippen LogP contribution in [0.3, 0.4) is 0 Å². The van der Waals surface area contributed by atoms with Gasteiger partial charge in [0.15, 0.2) is 13.1 Å². The molecule has 1 atom stereocenters. The second-order valence-electron chi connectivity index (χ2n) is 22.8. The van der Waals surface area contributed by atoms with Crippen molar-refractivity contribution in [2.75, 3.05) is 76.4 Å². The third kappa shape index (κ3) is 20.3. The highest BCUT2D eigenvalue weighted by atomic mass is 16.5. The van der Waals surface area contributed by atoms with Crippen LogP contribution >= 0.6 is 0 Å². The number of carbonyl (C=O) groups is 5. The van der Waals surface area contributed by atoms with E-state index >= 15 is 4.79 Å². The van der Waals surface area contributed by atoms with E-state index in [4.69, 9.17) is 24.7 Å². The number of carboxylic acids is 3. The molecule has 19 heteroatoms. The maximum absolute atomic E-state index is 15.0. The van der Waals surface area contributed by atoms with E-state index in [9.17, 15) is 24.3 Å². The van der Waals surface area contributed by atoms with Crippen LogP contribution in [-0.4, -0.2) is 141 Å². The molecule has 3 aromatic heterocycles. The highest BCUT2D eigenvalue weighted by Crippen LogP contribution is 2.45. The molecule has 6 rings (SSSR count). The number of hydrogen-bond donors (Lipinski definition) is 4. The van der Waals surface area contributed by atoms with Gasteiger partial charge in [-0.3, -0.25) is 24.0 Å². The van der Waals surface area contributed by atoms with E-state index in [1.807, 2.05) is 71.2 Å². The van der Waals surface area contributed by atoms with E-state index in [0.29, 0.717) is 74.6 Å². The first-order chi connectivity index (χ1) is 37.4. The van der Waals surface area contributed by atoms with E-state index < -0.39 is 17.9 Å². The summed E-state index contributed by atoms with van der Waals surface area (Å²) in [7, 11) is 3.25. The molecule has 1 saturated heterocycles. The van der Waals surface area contributed by atoms with Crippen molar-refractivity contribution in [2.45, 2.75) is 149 Å². The lowest BCUT2D eigenvalue weighted by Crippen LogP contribution is -2.52. The molecule has 426 valence electrons. The third-order valence-electron chi connectivity index (χ3n) is 15.3. The largest absolute Gasteiger partial charge is 0.497 e. The van der Waals surface area contributed by atoms with Crippen molar-refractivity contribution in [3.05, 3.63) is 83.4 Å². The van der Waals surface area contributed by atoms with Crippen molar-refractivity contribution < 1.29 is 53.2 Å². The number of quaternary nitrogens is 1. The Morgan fingerprint density at radius 2 is 1.55 bits per heavy atom. The Bertz CT molecular complexity index is 2560. The monoisotopic (exact) mass is 1080 g/mol. The SMILES string of the molecule is COc1ccc(C(=O)N(CC(C)(C)CCn2cc(CCCCCCCCCCCC(=O)NCCC[N+](C)(CC(=O)O)CC(=O)O)nn2)c2cccc(C)n2)c(N2CCC(COc3cc([C@@H](CC(=O)O)C4CC4)ccn3)CC2)c1. The molecule has 1 aliphatic heterocycles. The number of methoxy groups -OCH3 is 1. The number of ether oxygens (including phenoxy) is 2. The number of nitrogens with zero attached hydrogens (tertiary/aromatic N) is 8. The molecule has 1 aromatic carbocycles. The second-order valence-corrected chi connectivity index (χ2v) is 22.8. The number of anilines is 2. The molecule has 1 aliphatic carbocycles. The van der Waals surface area contributed by atoms with Crippen LogP contribution in [0.1, 0.15) is 156 Å². The molecule has 4 heterocycles. The maximum Gasteiger partial charge on any atom is 0.359 e. The minimum atomic E-state index is -1.05. The summed E-state index contributed by atoms with van der Waals surface area (Å²) in [6.07, 6.45) is 20.0. The Morgan fingerprint density at radius 3 is 2.21 bits per heavy atom. The molecule has 2 aliphatic rings. The normalized spacial score (nSPS) is 14.4. The Hall–Kier alpha value is -6.63. The van der Waals surface area contributed by atoms with Gasteiger partial charge >= 0.3 is 17.9 Å². The number of carboxylic acid groups (broad SMARTS) is 3. The smallest absolute Gasteiger partial charge is 0.359 e. The molecule has 2 fully saturated rings. The number of amides is 2. The van der Waals surface area contributed by atoms with Gasteiger partial charge in [0, 0.05) is 75.8 Å². The van der Waals surface area contributed by atoms with Crippen molar-refractivity contribution >= 4 is 41.2 Å². The van der Waals surface area contributed by atoms with Crippen LogP contribution in [0.5, 0.6) is 11.6 Å².